The number of hydrogen-bond acceptors (Lipinski definition) is 3. The predicted octanol–water partition coefficient (Wildman–Crippen LogP) is 3.87. The zero-order chi connectivity index (χ0) is 17.6. The lowest BCUT2D eigenvalue weighted by atomic mass is 10.1. The summed E-state index contributed by atoms with van der Waals surface area (Å²) < 4.78 is 1.76. The molecule has 4 rings (SSSR count). The number of rotatable bonds is 3. The van der Waals surface area contributed by atoms with Crippen molar-refractivity contribution in [2.24, 2.45) is 0 Å². The van der Waals surface area contributed by atoms with E-state index in [1.165, 1.54) is 0 Å². The van der Waals surface area contributed by atoms with Crippen LogP contribution >= 0.6 is 23.2 Å². The Morgan fingerprint density at radius 2 is 2.00 bits per heavy atom. The second-order valence-electron chi connectivity index (χ2n) is 5.68. The summed E-state index contributed by atoms with van der Waals surface area (Å²) >= 11 is 11.8. The fourth-order valence-corrected chi connectivity index (χ4v) is 3.20. The van der Waals surface area contributed by atoms with Crippen molar-refractivity contribution in [1.82, 2.24) is 9.55 Å². The number of nitrogens with zero attached hydrogens (tertiary/aromatic N) is 2. The largest absolute Gasteiger partial charge is 0.326 e. The van der Waals surface area contributed by atoms with E-state index in [0.717, 1.165) is 11.0 Å². The molecule has 2 aromatic carbocycles. The van der Waals surface area contributed by atoms with E-state index in [1.807, 2.05) is 24.3 Å². The Morgan fingerprint density at radius 3 is 2.80 bits per heavy atom. The molecule has 6 nitrogen and oxygen atoms in total. The molecule has 1 aliphatic rings. The van der Waals surface area contributed by atoms with Crippen LogP contribution in [0.4, 0.5) is 11.6 Å². The first-order chi connectivity index (χ1) is 12.0. The van der Waals surface area contributed by atoms with Gasteiger partial charge in [0.25, 0.3) is 0 Å². The Hall–Kier alpha value is -2.57. The van der Waals surface area contributed by atoms with Crippen LogP contribution < -0.4 is 10.6 Å². The number of fused-ring (bicyclic) bond motifs is 3. The van der Waals surface area contributed by atoms with Gasteiger partial charge < -0.3 is 5.32 Å². The molecule has 3 aromatic rings. The topological polar surface area (TPSA) is 76.0 Å². The maximum Gasteiger partial charge on any atom is 0.250 e. The number of hydrogen-bond donors (Lipinski definition) is 2. The Bertz CT molecular complexity index is 1020. The molecule has 1 aromatic heterocycles. The van der Waals surface area contributed by atoms with Crippen molar-refractivity contribution in [2.75, 3.05) is 10.6 Å². The Balaban J connectivity index is 1.57. The molecule has 126 valence electrons. The minimum Gasteiger partial charge on any atom is -0.326 e. The number of para-hydroxylation sites is 2. The first-order valence-corrected chi connectivity index (χ1v) is 8.31. The first-order valence-electron chi connectivity index (χ1n) is 7.55. The fourth-order valence-electron chi connectivity index (χ4n) is 2.90. The van der Waals surface area contributed by atoms with E-state index in [1.54, 1.807) is 22.8 Å². The minimum absolute atomic E-state index is 0.0145. The monoisotopic (exact) mass is 374 g/mol. The number of aromatic nitrogens is 2. The van der Waals surface area contributed by atoms with Gasteiger partial charge in [-0.1, -0.05) is 35.3 Å². The quantitative estimate of drug-likeness (QED) is 0.730. The molecule has 0 saturated heterocycles. The molecule has 1 aliphatic heterocycles. The maximum atomic E-state index is 12.4. The summed E-state index contributed by atoms with van der Waals surface area (Å²) in [6.07, 6.45) is -0.0145. The maximum absolute atomic E-state index is 12.4. The number of halogens is 2. The third kappa shape index (κ3) is 2.83. The summed E-state index contributed by atoms with van der Waals surface area (Å²) in [6.45, 7) is 0. The molecule has 2 N–H and O–H groups in total. The summed E-state index contributed by atoms with van der Waals surface area (Å²) in [4.78, 5) is 29.0. The molecule has 1 unspecified atom stereocenters. The normalized spacial score (nSPS) is 15.9. The van der Waals surface area contributed by atoms with Crippen LogP contribution in [-0.2, 0) is 9.59 Å². The van der Waals surface area contributed by atoms with E-state index in [2.05, 4.69) is 15.6 Å². The fraction of sp³-hybridized carbons (Fsp3) is 0.118. The predicted molar refractivity (Wildman–Crippen MR) is 97.1 cm³/mol. The minimum atomic E-state index is -0.648. The molecule has 0 bridgehead atoms. The van der Waals surface area contributed by atoms with Crippen LogP contribution in [0.3, 0.4) is 0 Å². The second kappa shape index (κ2) is 6.06. The second-order valence-corrected chi connectivity index (χ2v) is 6.49. The molecule has 1 atom stereocenters. The van der Waals surface area contributed by atoms with Gasteiger partial charge in [0.1, 0.15) is 6.04 Å². The van der Waals surface area contributed by atoms with Gasteiger partial charge in [0.2, 0.25) is 17.8 Å². The van der Waals surface area contributed by atoms with Crippen molar-refractivity contribution in [2.45, 2.75) is 12.5 Å². The van der Waals surface area contributed by atoms with Crippen molar-refractivity contribution >= 4 is 57.7 Å². The molecule has 0 aliphatic carbocycles. The molecular formula is C17H12Cl2N4O2. The van der Waals surface area contributed by atoms with Gasteiger partial charge in [-0.25, -0.2) is 4.98 Å². The number of carbonyl (C=O) groups excluding carboxylic acids is 2. The highest BCUT2D eigenvalue weighted by Gasteiger charge is 2.34. The van der Waals surface area contributed by atoms with Crippen LogP contribution in [-0.4, -0.2) is 21.4 Å². The summed E-state index contributed by atoms with van der Waals surface area (Å²) in [5.41, 5.74) is 2.10. The average molecular weight is 375 g/mol. The van der Waals surface area contributed by atoms with Gasteiger partial charge in [-0.15, -0.1) is 0 Å². The highest BCUT2D eigenvalue weighted by molar-refractivity contribution is 6.42. The van der Waals surface area contributed by atoms with Crippen LogP contribution in [0, 0.1) is 0 Å². The van der Waals surface area contributed by atoms with Gasteiger partial charge in [0, 0.05) is 5.69 Å². The zero-order valence-electron chi connectivity index (χ0n) is 12.8. The Kier molecular flexibility index (Phi) is 3.86. The van der Waals surface area contributed by atoms with Gasteiger partial charge in [-0.2, -0.15) is 0 Å². The lowest BCUT2D eigenvalue weighted by molar-refractivity contribution is -0.123. The van der Waals surface area contributed by atoms with Crippen LogP contribution in [0.1, 0.15) is 12.5 Å². The number of carbonyl (C=O) groups is 2. The van der Waals surface area contributed by atoms with Crippen molar-refractivity contribution in [3.63, 3.8) is 0 Å². The molecule has 25 heavy (non-hydrogen) atoms. The molecule has 0 spiro atoms. The molecule has 8 heteroatoms. The molecule has 2 heterocycles. The van der Waals surface area contributed by atoms with E-state index in [9.17, 15) is 9.59 Å². The van der Waals surface area contributed by atoms with Gasteiger partial charge in [0.15, 0.2) is 0 Å². The molecule has 2 amide bonds. The van der Waals surface area contributed by atoms with Crippen LogP contribution in [0.25, 0.3) is 11.0 Å². The van der Waals surface area contributed by atoms with E-state index in [4.69, 9.17) is 23.2 Å². The standard InChI is InChI=1S/C17H12Cl2N4O2/c18-10-6-5-9(7-11(10)19)20-15(24)8-14-16(25)22-17-21-12-3-1-2-4-13(12)23(14)17/h1-7,14H,8H2,(H,20,24)(H,21,22,25). The van der Waals surface area contributed by atoms with Crippen molar-refractivity contribution in [3.05, 3.63) is 52.5 Å². The van der Waals surface area contributed by atoms with Gasteiger partial charge in [0.05, 0.1) is 27.5 Å². The van der Waals surface area contributed by atoms with Crippen molar-refractivity contribution < 1.29 is 9.59 Å². The molecular weight excluding hydrogens is 363 g/mol. The summed E-state index contributed by atoms with van der Waals surface area (Å²) in [7, 11) is 0. The van der Waals surface area contributed by atoms with Gasteiger partial charge in [-0.05, 0) is 30.3 Å². The lowest BCUT2D eigenvalue weighted by Gasteiger charge is -2.12. The van der Waals surface area contributed by atoms with Crippen LogP contribution in [0.2, 0.25) is 10.0 Å². The lowest BCUT2D eigenvalue weighted by Crippen LogP contribution is -2.23. The highest BCUT2D eigenvalue weighted by atomic mass is 35.5. The number of nitrogens with one attached hydrogen (secondary N) is 2. The third-order valence-corrected chi connectivity index (χ3v) is 4.77. The average Bonchev–Trinajstić information content (AvgIpc) is 3.07. The highest BCUT2D eigenvalue weighted by Crippen LogP contribution is 2.32. The smallest absolute Gasteiger partial charge is 0.250 e. The van der Waals surface area contributed by atoms with E-state index in [-0.39, 0.29) is 18.2 Å². The van der Waals surface area contributed by atoms with E-state index >= 15 is 0 Å². The van der Waals surface area contributed by atoms with Crippen molar-refractivity contribution in [3.8, 4) is 0 Å². The van der Waals surface area contributed by atoms with Gasteiger partial charge in [-0.3, -0.25) is 19.5 Å². The third-order valence-electron chi connectivity index (χ3n) is 4.03. The number of anilines is 2. The summed E-state index contributed by atoms with van der Waals surface area (Å²) in [5, 5.41) is 6.20. The zero-order valence-corrected chi connectivity index (χ0v) is 14.3. The van der Waals surface area contributed by atoms with Crippen LogP contribution in [0.5, 0.6) is 0 Å². The summed E-state index contributed by atoms with van der Waals surface area (Å²) in [6, 6.07) is 11.6. The van der Waals surface area contributed by atoms with E-state index < -0.39 is 6.04 Å². The number of imidazole rings is 1. The van der Waals surface area contributed by atoms with Crippen LogP contribution in [0.15, 0.2) is 42.5 Å². The molecule has 0 fully saturated rings. The van der Waals surface area contributed by atoms with Gasteiger partial charge >= 0.3 is 0 Å². The number of benzene rings is 2. The Labute approximate surface area is 152 Å². The molecule has 0 saturated carbocycles. The SMILES string of the molecule is O=C(CC1C(=O)Nc2nc3ccccc3n21)Nc1ccc(Cl)c(Cl)c1. The Morgan fingerprint density at radius 1 is 1.20 bits per heavy atom. The molecule has 0 radical (unpaired) electrons. The van der Waals surface area contributed by atoms with E-state index in [0.29, 0.717) is 21.7 Å². The van der Waals surface area contributed by atoms with Crippen molar-refractivity contribution in [1.29, 1.82) is 0 Å². The summed E-state index contributed by atoms with van der Waals surface area (Å²) in [5.74, 6) is -0.0970. The first kappa shape index (κ1) is 15.9. The number of amides is 2.